The van der Waals surface area contributed by atoms with Gasteiger partial charge in [-0.3, -0.25) is 4.98 Å². The molecule has 8 atom stereocenters. The molecule has 1 N–H and O–H groups in total. The summed E-state index contributed by atoms with van der Waals surface area (Å²) in [6.07, 6.45) is 20.2. The smallest absolute Gasteiger partial charge is 0.407 e. The number of carbonyl (C=O) groups is 1. The lowest BCUT2D eigenvalue weighted by molar-refractivity contribution is -0.0581. The lowest BCUT2D eigenvalue weighted by Gasteiger charge is -2.58. The molecule has 1 aromatic heterocycles. The maximum atomic E-state index is 12.6. The Hall–Kier alpha value is -1.14. The highest BCUT2D eigenvalue weighted by Crippen LogP contribution is 2.67. The van der Waals surface area contributed by atoms with Crippen molar-refractivity contribution in [1.29, 1.82) is 0 Å². The number of nitrogens with one attached hydrogen (secondary N) is 1. The van der Waals surface area contributed by atoms with E-state index >= 15 is 0 Å². The van der Waals surface area contributed by atoms with Gasteiger partial charge < -0.3 is 10.1 Å². The molecule has 3 fully saturated rings. The summed E-state index contributed by atoms with van der Waals surface area (Å²) in [7, 11) is 3.46. The molecule has 0 aliphatic heterocycles. The van der Waals surface area contributed by atoms with Gasteiger partial charge in [-0.15, -0.1) is 0 Å². The third-order valence-electron chi connectivity index (χ3n) is 11.8. The maximum absolute atomic E-state index is 12.6. The number of rotatable bonds is 11. The monoisotopic (exact) mass is 614 g/mol. The van der Waals surface area contributed by atoms with E-state index in [2.05, 4.69) is 51.0 Å². The van der Waals surface area contributed by atoms with Crippen molar-refractivity contribution < 1.29 is 9.53 Å². The molecule has 4 aliphatic rings. The fourth-order valence-electron chi connectivity index (χ4n) is 9.64. The van der Waals surface area contributed by atoms with Crippen LogP contribution in [0.5, 0.6) is 0 Å². The molecule has 5 rings (SSSR count). The van der Waals surface area contributed by atoms with Crippen molar-refractivity contribution in [3.05, 3.63) is 36.2 Å². The van der Waals surface area contributed by atoms with Crippen LogP contribution in [0.25, 0.3) is 0 Å². The zero-order valence-electron chi connectivity index (χ0n) is 26.2. The van der Waals surface area contributed by atoms with Crippen LogP contribution in [0.2, 0.25) is 0 Å². The molecular weight excluding hydrogens is 557 g/mol. The Bertz CT molecular complexity index is 1050. The summed E-state index contributed by atoms with van der Waals surface area (Å²) in [5, 5.41) is 2.98. The van der Waals surface area contributed by atoms with Gasteiger partial charge in [-0.25, -0.2) is 4.79 Å². The number of ether oxygens (including phenoxy) is 1. The second kappa shape index (κ2) is 14.8. The van der Waals surface area contributed by atoms with Crippen LogP contribution in [0.3, 0.4) is 0 Å². The van der Waals surface area contributed by atoms with Gasteiger partial charge in [0.15, 0.2) is 0 Å². The van der Waals surface area contributed by atoms with Gasteiger partial charge in [-0.1, -0.05) is 94.5 Å². The lowest BCUT2D eigenvalue weighted by atomic mass is 9.47. The Kier molecular flexibility index (Phi) is 11.9. The lowest BCUT2D eigenvalue weighted by Crippen LogP contribution is -2.51. The van der Waals surface area contributed by atoms with E-state index in [1.807, 2.05) is 24.5 Å². The van der Waals surface area contributed by atoms with Gasteiger partial charge in [0.25, 0.3) is 0 Å². The van der Waals surface area contributed by atoms with Crippen LogP contribution in [-0.4, -0.2) is 29.5 Å². The number of allylic oxidation sites excluding steroid dienone is 1. The van der Waals surface area contributed by atoms with E-state index in [0.29, 0.717) is 17.4 Å². The molecule has 236 valence electrons. The van der Waals surface area contributed by atoms with Gasteiger partial charge in [0.1, 0.15) is 6.10 Å². The number of fused-ring (bicyclic) bond motifs is 5. The first-order valence-corrected chi connectivity index (χ1v) is 18.9. The summed E-state index contributed by atoms with van der Waals surface area (Å²) < 4.78 is 5.94. The number of aromatic nitrogens is 1. The largest absolute Gasteiger partial charge is 0.446 e. The second-order valence-corrected chi connectivity index (χ2v) is 17.1. The highest BCUT2D eigenvalue weighted by atomic mass is 33.1. The summed E-state index contributed by atoms with van der Waals surface area (Å²) >= 11 is 0. The molecule has 0 saturated heterocycles. The summed E-state index contributed by atoms with van der Waals surface area (Å²) in [5.41, 5.74) is 2.42. The molecular formula is C36H58N2O2S2. The standard InChI is InChI=1S/C35H54N2O2S2.CH4/c1-24(2)7-6-8-25(3)30-11-12-31-29-10-9-26-23-27(13-17-34(26,4)32(29)14-18-35(30,31)5)39-33(38)37-21-22-40-41-28-15-19-36-20-16-28;/h9,15-16,19-20,24-25,27,29-32H,6-8,10-14,17-18,21-23H2,1-5H3,(H,37,38);1H4/t25-,27+,29+,30-,31+,32+,34+,35-;/m1./s1. The third kappa shape index (κ3) is 7.38. The molecule has 0 bridgehead atoms. The minimum atomic E-state index is -0.254. The molecule has 6 heteroatoms. The zero-order chi connectivity index (χ0) is 29.0. The van der Waals surface area contributed by atoms with Crippen LogP contribution in [0, 0.1) is 46.3 Å². The first-order valence-electron chi connectivity index (χ1n) is 16.5. The summed E-state index contributed by atoms with van der Waals surface area (Å²) in [5.74, 6) is 5.99. The third-order valence-corrected chi connectivity index (χ3v) is 14.2. The van der Waals surface area contributed by atoms with Crippen LogP contribution in [0.1, 0.15) is 113 Å². The highest BCUT2D eigenvalue weighted by molar-refractivity contribution is 8.76. The quantitative estimate of drug-likeness (QED) is 0.153. The van der Waals surface area contributed by atoms with Crippen LogP contribution >= 0.6 is 21.6 Å². The van der Waals surface area contributed by atoms with Gasteiger partial charge in [-0.05, 0) is 103 Å². The van der Waals surface area contributed by atoms with E-state index in [9.17, 15) is 4.79 Å². The van der Waals surface area contributed by atoms with Crippen molar-refractivity contribution in [2.24, 2.45) is 46.3 Å². The Morgan fingerprint density at radius 1 is 1.07 bits per heavy atom. The molecule has 0 aromatic carbocycles. The number of nitrogens with zero attached hydrogens (tertiary/aromatic N) is 1. The Balaban J connectivity index is 0.00000405. The Labute approximate surface area is 265 Å². The molecule has 1 amide bonds. The van der Waals surface area contributed by atoms with E-state index in [0.717, 1.165) is 60.5 Å². The van der Waals surface area contributed by atoms with Gasteiger partial charge in [0.2, 0.25) is 0 Å². The topological polar surface area (TPSA) is 51.2 Å². The molecule has 4 aliphatic carbocycles. The zero-order valence-corrected chi connectivity index (χ0v) is 27.8. The number of pyridine rings is 1. The minimum absolute atomic E-state index is 0. The van der Waals surface area contributed by atoms with Crippen molar-refractivity contribution in [3.8, 4) is 0 Å². The molecule has 1 heterocycles. The van der Waals surface area contributed by atoms with Crippen LogP contribution in [0.4, 0.5) is 4.79 Å². The predicted molar refractivity (Wildman–Crippen MR) is 181 cm³/mol. The first kappa shape index (κ1) is 33.7. The molecule has 0 unspecified atom stereocenters. The predicted octanol–water partition coefficient (Wildman–Crippen LogP) is 10.6. The molecule has 0 radical (unpaired) electrons. The van der Waals surface area contributed by atoms with Crippen LogP contribution in [-0.2, 0) is 4.74 Å². The minimum Gasteiger partial charge on any atom is -0.446 e. The molecule has 1 aromatic rings. The Morgan fingerprint density at radius 2 is 1.86 bits per heavy atom. The highest BCUT2D eigenvalue weighted by Gasteiger charge is 2.59. The van der Waals surface area contributed by atoms with Gasteiger partial charge in [-0.2, -0.15) is 0 Å². The number of alkyl carbamates (subject to hydrolysis) is 1. The van der Waals surface area contributed by atoms with E-state index in [1.54, 1.807) is 27.2 Å². The van der Waals surface area contributed by atoms with Crippen molar-refractivity contribution in [1.82, 2.24) is 10.3 Å². The summed E-state index contributed by atoms with van der Waals surface area (Å²) in [4.78, 5) is 17.8. The number of hydrogen-bond acceptors (Lipinski definition) is 5. The maximum Gasteiger partial charge on any atom is 0.407 e. The normalized spacial score (nSPS) is 34.3. The fraction of sp³-hybridized carbons (Fsp3) is 0.778. The molecule has 4 nitrogen and oxygen atoms in total. The van der Waals surface area contributed by atoms with Crippen molar-refractivity contribution in [3.63, 3.8) is 0 Å². The number of hydrogen-bond donors (Lipinski definition) is 1. The number of carbonyl (C=O) groups excluding carboxylic acids is 1. The molecule has 42 heavy (non-hydrogen) atoms. The van der Waals surface area contributed by atoms with Crippen molar-refractivity contribution in [2.75, 3.05) is 12.3 Å². The van der Waals surface area contributed by atoms with Crippen LogP contribution in [0.15, 0.2) is 41.1 Å². The van der Waals surface area contributed by atoms with Gasteiger partial charge in [0, 0.05) is 36.0 Å². The van der Waals surface area contributed by atoms with Gasteiger partial charge >= 0.3 is 6.09 Å². The first-order chi connectivity index (χ1) is 19.7. The van der Waals surface area contributed by atoms with E-state index < -0.39 is 0 Å². The number of amides is 1. The molecule has 0 spiro atoms. The fourth-order valence-corrected chi connectivity index (χ4v) is 11.5. The van der Waals surface area contributed by atoms with Crippen molar-refractivity contribution >= 4 is 27.7 Å². The van der Waals surface area contributed by atoms with E-state index in [4.69, 9.17) is 4.74 Å². The molecule has 3 saturated carbocycles. The average Bonchev–Trinajstić information content (AvgIpc) is 3.31. The van der Waals surface area contributed by atoms with E-state index in [-0.39, 0.29) is 19.6 Å². The van der Waals surface area contributed by atoms with Gasteiger partial charge in [0.05, 0.1) is 0 Å². The Morgan fingerprint density at radius 3 is 2.62 bits per heavy atom. The van der Waals surface area contributed by atoms with Crippen molar-refractivity contribution in [2.45, 2.75) is 124 Å². The second-order valence-electron chi connectivity index (χ2n) is 14.6. The average molecular weight is 615 g/mol. The van der Waals surface area contributed by atoms with Crippen LogP contribution < -0.4 is 5.32 Å². The SMILES string of the molecule is C.CC(C)CCC[C@@H](C)[C@H]1CC[C@H]2[C@@H]3CC=C4C[C@@H](OC(=O)NCCSSc5ccncc5)CC[C@]4(C)[C@H]3CC[C@]12C. The summed E-state index contributed by atoms with van der Waals surface area (Å²) in [6, 6.07) is 4.01. The summed E-state index contributed by atoms with van der Waals surface area (Å²) in [6.45, 7) is 13.2. The van der Waals surface area contributed by atoms with E-state index in [1.165, 1.54) is 56.3 Å².